The van der Waals surface area contributed by atoms with Crippen LogP contribution < -0.4 is 16.7 Å². The molecule has 0 spiro atoms. The summed E-state index contributed by atoms with van der Waals surface area (Å²) >= 11 is 0. The number of carbonyl (C=O) groups is 1. The van der Waals surface area contributed by atoms with E-state index in [2.05, 4.69) is 15.3 Å². The molecule has 1 aliphatic rings. The molecular formula is C17H25ClN4O2. The normalized spacial score (nSPS) is 20.0. The number of fused-ring (bicyclic) bond motifs is 1. The number of nitrogens with two attached hydrogens (primary N) is 1. The van der Waals surface area contributed by atoms with Gasteiger partial charge in [0, 0.05) is 12.5 Å². The highest BCUT2D eigenvalue weighted by atomic mass is 35.5. The number of hydrogen-bond donors (Lipinski definition) is 4. The van der Waals surface area contributed by atoms with Crippen molar-refractivity contribution in [1.29, 1.82) is 0 Å². The molecule has 5 N–H and O–H groups in total. The van der Waals surface area contributed by atoms with E-state index >= 15 is 0 Å². The average molecular weight is 353 g/mol. The van der Waals surface area contributed by atoms with Crippen LogP contribution in [0.2, 0.25) is 0 Å². The van der Waals surface area contributed by atoms with Crippen molar-refractivity contribution in [2.75, 3.05) is 6.54 Å². The molecule has 0 bridgehead atoms. The lowest BCUT2D eigenvalue weighted by atomic mass is 10.0. The summed E-state index contributed by atoms with van der Waals surface area (Å²) in [5.74, 6) is 0.554. The molecule has 0 radical (unpaired) electrons. The topological polar surface area (TPSA) is 104 Å². The van der Waals surface area contributed by atoms with Gasteiger partial charge in [0.25, 0.3) is 0 Å². The molecule has 2 unspecified atom stereocenters. The SMILES string of the molecule is Cl.NCC1CCCC1NC(=O)CCCc1ccc2[nH]c(=O)[nH]c2c1. The summed E-state index contributed by atoms with van der Waals surface area (Å²) in [4.78, 5) is 28.8. The Morgan fingerprint density at radius 1 is 1.25 bits per heavy atom. The summed E-state index contributed by atoms with van der Waals surface area (Å²) in [6.07, 6.45) is 5.46. The van der Waals surface area contributed by atoms with E-state index in [4.69, 9.17) is 5.73 Å². The zero-order chi connectivity index (χ0) is 16.2. The molecule has 1 amide bonds. The molecule has 2 aromatic rings. The van der Waals surface area contributed by atoms with Crippen LogP contribution >= 0.6 is 12.4 Å². The first-order valence-corrected chi connectivity index (χ1v) is 8.36. The van der Waals surface area contributed by atoms with Crippen molar-refractivity contribution in [3.63, 3.8) is 0 Å². The predicted octanol–water partition coefficient (Wildman–Crippen LogP) is 1.84. The number of rotatable bonds is 6. The molecule has 1 aromatic carbocycles. The third-order valence-corrected chi connectivity index (χ3v) is 4.76. The van der Waals surface area contributed by atoms with Crippen LogP contribution in [-0.2, 0) is 11.2 Å². The molecule has 6 nitrogen and oxygen atoms in total. The number of amides is 1. The molecule has 2 atom stereocenters. The quantitative estimate of drug-likeness (QED) is 0.637. The number of halogens is 1. The predicted molar refractivity (Wildman–Crippen MR) is 97.4 cm³/mol. The van der Waals surface area contributed by atoms with Crippen LogP contribution in [0, 0.1) is 5.92 Å². The van der Waals surface area contributed by atoms with Gasteiger partial charge in [-0.25, -0.2) is 4.79 Å². The molecular weight excluding hydrogens is 328 g/mol. The van der Waals surface area contributed by atoms with E-state index in [0.29, 0.717) is 18.9 Å². The van der Waals surface area contributed by atoms with Crippen molar-refractivity contribution in [2.24, 2.45) is 11.7 Å². The smallest absolute Gasteiger partial charge is 0.323 e. The maximum atomic E-state index is 12.1. The highest BCUT2D eigenvalue weighted by molar-refractivity contribution is 5.85. The first-order valence-electron chi connectivity index (χ1n) is 8.36. The third kappa shape index (κ3) is 4.39. The fourth-order valence-electron chi connectivity index (χ4n) is 3.48. The largest absolute Gasteiger partial charge is 0.353 e. The van der Waals surface area contributed by atoms with Crippen LogP contribution in [-0.4, -0.2) is 28.5 Å². The van der Waals surface area contributed by atoms with Crippen molar-refractivity contribution in [3.05, 3.63) is 34.2 Å². The lowest BCUT2D eigenvalue weighted by molar-refractivity contribution is -0.122. The van der Waals surface area contributed by atoms with E-state index in [9.17, 15) is 9.59 Å². The van der Waals surface area contributed by atoms with E-state index in [1.807, 2.05) is 18.2 Å². The second kappa shape index (κ2) is 8.35. The first kappa shape index (κ1) is 18.5. The molecule has 7 heteroatoms. The van der Waals surface area contributed by atoms with Crippen molar-refractivity contribution < 1.29 is 4.79 Å². The second-order valence-corrected chi connectivity index (χ2v) is 6.41. The minimum Gasteiger partial charge on any atom is -0.353 e. The van der Waals surface area contributed by atoms with Crippen LogP contribution in [0.5, 0.6) is 0 Å². The fraction of sp³-hybridized carbons (Fsp3) is 0.529. The number of aromatic amines is 2. The minimum absolute atomic E-state index is 0. The van der Waals surface area contributed by atoms with Gasteiger partial charge in [0.05, 0.1) is 11.0 Å². The Morgan fingerprint density at radius 3 is 2.83 bits per heavy atom. The Kier molecular flexibility index (Phi) is 6.45. The zero-order valence-electron chi connectivity index (χ0n) is 13.6. The Balaban J connectivity index is 0.00000208. The molecule has 3 rings (SSSR count). The number of carbonyl (C=O) groups excluding carboxylic acids is 1. The molecule has 24 heavy (non-hydrogen) atoms. The molecule has 132 valence electrons. The summed E-state index contributed by atoms with van der Waals surface area (Å²) in [5, 5.41) is 3.13. The molecule has 0 saturated heterocycles. The van der Waals surface area contributed by atoms with Crippen molar-refractivity contribution in [2.45, 2.75) is 44.6 Å². The van der Waals surface area contributed by atoms with Crippen LogP contribution in [0.15, 0.2) is 23.0 Å². The molecule has 1 fully saturated rings. The van der Waals surface area contributed by atoms with Gasteiger partial charge in [0.1, 0.15) is 0 Å². The maximum absolute atomic E-state index is 12.1. The van der Waals surface area contributed by atoms with E-state index < -0.39 is 0 Å². The van der Waals surface area contributed by atoms with Gasteiger partial charge >= 0.3 is 5.69 Å². The summed E-state index contributed by atoms with van der Waals surface area (Å²) < 4.78 is 0. The number of hydrogen-bond acceptors (Lipinski definition) is 3. The maximum Gasteiger partial charge on any atom is 0.323 e. The molecule has 1 aromatic heterocycles. The van der Waals surface area contributed by atoms with Crippen LogP contribution in [0.4, 0.5) is 0 Å². The number of benzene rings is 1. The number of imidazole rings is 1. The van der Waals surface area contributed by atoms with E-state index in [-0.39, 0.29) is 30.0 Å². The van der Waals surface area contributed by atoms with Crippen LogP contribution in [0.3, 0.4) is 0 Å². The fourth-order valence-corrected chi connectivity index (χ4v) is 3.48. The van der Waals surface area contributed by atoms with Gasteiger partial charge in [-0.15, -0.1) is 12.4 Å². The van der Waals surface area contributed by atoms with Gasteiger partial charge in [-0.1, -0.05) is 12.5 Å². The van der Waals surface area contributed by atoms with Gasteiger partial charge in [-0.3, -0.25) is 4.79 Å². The van der Waals surface area contributed by atoms with Gasteiger partial charge in [0.2, 0.25) is 5.91 Å². The van der Waals surface area contributed by atoms with Gasteiger partial charge < -0.3 is 21.0 Å². The average Bonchev–Trinajstić information content (AvgIpc) is 3.11. The standard InChI is InChI=1S/C17H24N4O2.ClH/c18-10-12-4-2-5-13(12)19-16(22)6-1-3-11-7-8-14-15(9-11)21-17(23)20-14;/h7-9,12-13H,1-6,10,18H2,(H,19,22)(H2,20,21,23);1H. The van der Waals surface area contributed by atoms with Crippen molar-refractivity contribution in [3.8, 4) is 0 Å². The van der Waals surface area contributed by atoms with Crippen molar-refractivity contribution >= 4 is 29.3 Å². The Hall–Kier alpha value is -1.79. The monoisotopic (exact) mass is 352 g/mol. The number of aromatic nitrogens is 2. The summed E-state index contributed by atoms with van der Waals surface area (Å²) in [5.41, 5.74) is 8.30. The molecule has 1 heterocycles. The minimum atomic E-state index is -0.192. The number of nitrogens with one attached hydrogen (secondary N) is 3. The lowest BCUT2D eigenvalue weighted by Gasteiger charge is -2.19. The number of aryl methyl sites for hydroxylation is 1. The lowest BCUT2D eigenvalue weighted by Crippen LogP contribution is -2.39. The zero-order valence-corrected chi connectivity index (χ0v) is 14.5. The summed E-state index contributed by atoms with van der Waals surface area (Å²) in [7, 11) is 0. The molecule has 0 aliphatic heterocycles. The third-order valence-electron chi connectivity index (χ3n) is 4.76. The Bertz CT molecular complexity index is 740. The highest BCUT2D eigenvalue weighted by Crippen LogP contribution is 2.24. The molecule has 1 aliphatic carbocycles. The van der Waals surface area contributed by atoms with Gasteiger partial charge in [0.15, 0.2) is 0 Å². The van der Waals surface area contributed by atoms with Gasteiger partial charge in [-0.2, -0.15) is 0 Å². The van der Waals surface area contributed by atoms with Crippen LogP contribution in [0.1, 0.15) is 37.7 Å². The van der Waals surface area contributed by atoms with Crippen LogP contribution in [0.25, 0.3) is 11.0 Å². The Labute approximate surface area is 147 Å². The van der Waals surface area contributed by atoms with E-state index in [0.717, 1.165) is 48.7 Å². The summed E-state index contributed by atoms with van der Waals surface area (Å²) in [6, 6.07) is 6.11. The molecule has 1 saturated carbocycles. The van der Waals surface area contributed by atoms with E-state index in [1.165, 1.54) is 0 Å². The summed E-state index contributed by atoms with van der Waals surface area (Å²) in [6.45, 7) is 0.653. The number of H-pyrrole nitrogens is 2. The van der Waals surface area contributed by atoms with Crippen molar-refractivity contribution in [1.82, 2.24) is 15.3 Å². The van der Waals surface area contributed by atoms with Gasteiger partial charge in [-0.05, 0) is 55.8 Å². The van der Waals surface area contributed by atoms with E-state index in [1.54, 1.807) is 0 Å². The Morgan fingerprint density at radius 2 is 2.04 bits per heavy atom. The second-order valence-electron chi connectivity index (χ2n) is 6.41. The first-order chi connectivity index (χ1) is 11.2. The highest BCUT2D eigenvalue weighted by Gasteiger charge is 2.26.